The van der Waals surface area contributed by atoms with Gasteiger partial charge in [0.2, 0.25) is 5.91 Å². The molecule has 6 heteroatoms. The van der Waals surface area contributed by atoms with Gasteiger partial charge in [-0.2, -0.15) is 0 Å². The minimum Gasteiger partial charge on any atom is -0.346 e. The van der Waals surface area contributed by atoms with E-state index in [9.17, 15) is 9.59 Å². The molecule has 0 spiro atoms. The van der Waals surface area contributed by atoms with Crippen molar-refractivity contribution in [2.24, 2.45) is 0 Å². The molecule has 1 unspecified atom stereocenters. The summed E-state index contributed by atoms with van der Waals surface area (Å²) in [6, 6.07) is 11.2. The molecule has 0 fully saturated rings. The van der Waals surface area contributed by atoms with E-state index in [0.717, 1.165) is 15.9 Å². The van der Waals surface area contributed by atoms with E-state index in [4.69, 9.17) is 0 Å². The number of nitrogens with zero attached hydrogens (tertiary/aromatic N) is 1. The lowest BCUT2D eigenvalue weighted by Gasteiger charge is -2.11. The number of para-hydroxylation sites is 2. The standard InChI is InChI=1S/C18H19N3O2S/c1-11-7-9-16(24-11)15(22)8-10-17(23)19-12(2)18-20-13-5-3-4-6-14(13)21-18/h3-7,9,12H,8,10H2,1-2H3,(H,19,23)(H,20,21). The number of hydrogen-bond donors (Lipinski definition) is 2. The maximum Gasteiger partial charge on any atom is 0.221 e. The second-order valence-corrected chi connectivity index (χ2v) is 7.05. The number of thiophene rings is 1. The molecule has 1 amide bonds. The Morgan fingerprint density at radius 1 is 1.21 bits per heavy atom. The van der Waals surface area contributed by atoms with Crippen molar-refractivity contribution in [3.63, 3.8) is 0 Å². The summed E-state index contributed by atoms with van der Waals surface area (Å²) in [6.45, 7) is 3.84. The maximum absolute atomic E-state index is 12.1. The van der Waals surface area contributed by atoms with Crippen LogP contribution in [0.25, 0.3) is 11.0 Å². The van der Waals surface area contributed by atoms with E-state index in [1.165, 1.54) is 11.3 Å². The lowest BCUT2D eigenvalue weighted by Crippen LogP contribution is -2.27. The number of aromatic nitrogens is 2. The lowest BCUT2D eigenvalue weighted by atomic mass is 10.2. The van der Waals surface area contributed by atoms with Gasteiger partial charge in [-0.15, -0.1) is 11.3 Å². The molecular formula is C18H19N3O2S. The topological polar surface area (TPSA) is 74.8 Å². The first-order chi connectivity index (χ1) is 11.5. The number of Topliss-reactive ketones (excluding diaryl/α,β-unsaturated/α-hetero) is 1. The van der Waals surface area contributed by atoms with Crippen LogP contribution in [0.1, 0.15) is 46.2 Å². The van der Waals surface area contributed by atoms with E-state index in [2.05, 4.69) is 15.3 Å². The molecule has 0 radical (unpaired) electrons. The van der Waals surface area contributed by atoms with E-state index in [-0.39, 0.29) is 30.6 Å². The lowest BCUT2D eigenvalue weighted by molar-refractivity contribution is -0.121. The third-order valence-electron chi connectivity index (χ3n) is 3.79. The smallest absolute Gasteiger partial charge is 0.221 e. The summed E-state index contributed by atoms with van der Waals surface area (Å²) in [5.74, 6) is 0.578. The van der Waals surface area contributed by atoms with Crippen LogP contribution >= 0.6 is 11.3 Å². The molecule has 3 aromatic rings. The Labute approximate surface area is 144 Å². The molecule has 3 rings (SSSR count). The molecule has 0 aliphatic heterocycles. The quantitative estimate of drug-likeness (QED) is 0.670. The Hall–Kier alpha value is -2.47. The van der Waals surface area contributed by atoms with Crippen molar-refractivity contribution in [3.8, 4) is 0 Å². The van der Waals surface area contributed by atoms with Crippen LogP contribution in [0.15, 0.2) is 36.4 Å². The molecular weight excluding hydrogens is 322 g/mol. The molecule has 2 aromatic heterocycles. The van der Waals surface area contributed by atoms with Crippen molar-refractivity contribution < 1.29 is 9.59 Å². The van der Waals surface area contributed by atoms with Crippen molar-refractivity contribution in [2.45, 2.75) is 32.7 Å². The van der Waals surface area contributed by atoms with Crippen LogP contribution in [0.2, 0.25) is 0 Å². The zero-order chi connectivity index (χ0) is 17.1. The molecule has 1 atom stereocenters. The first-order valence-corrected chi connectivity index (χ1v) is 8.68. The van der Waals surface area contributed by atoms with Crippen LogP contribution in [0.5, 0.6) is 0 Å². The van der Waals surface area contributed by atoms with Crippen LogP contribution in [0.3, 0.4) is 0 Å². The van der Waals surface area contributed by atoms with Crippen molar-refractivity contribution in [3.05, 3.63) is 52.0 Å². The zero-order valence-electron chi connectivity index (χ0n) is 13.6. The summed E-state index contributed by atoms with van der Waals surface area (Å²) in [7, 11) is 0. The van der Waals surface area contributed by atoms with E-state index in [1.807, 2.05) is 50.2 Å². The number of rotatable bonds is 6. The predicted octanol–water partition coefficient (Wildman–Crippen LogP) is 3.77. The number of imidazole rings is 1. The number of aryl methyl sites for hydroxylation is 1. The number of nitrogens with one attached hydrogen (secondary N) is 2. The van der Waals surface area contributed by atoms with E-state index in [0.29, 0.717) is 10.7 Å². The third-order valence-corrected chi connectivity index (χ3v) is 4.83. The van der Waals surface area contributed by atoms with Crippen LogP contribution in [-0.4, -0.2) is 21.7 Å². The summed E-state index contributed by atoms with van der Waals surface area (Å²) < 4.78 is 0. The monoisotopic (exact) mass is 341 g/mol. The second-order valence-electron chi connectivity index (χ2n) is 5.76. The molecule has 0 bridgehead atoms. The molecule has 2 N–H and O–H groups in total. The molecule has 2 heterocycles. The summed E-state index contributed by atoms with van der Waals surface area (Å²) in [5, 5.41) is 2.89. The van der Waals surface area contributed by atoms with Crippen molar-refractivity contribution in [1.82, 2.24) is 15.3 Å². The first-order valence-electron chi connectivity index (χ1n) is 7.86. The van der Waals surface area contributed by atoms with Gasteiger partial charge in [-0.1, -0.05) is 12.1 Å². The van der Waals surface area contributed by atoms with Gasteiger partial charge in [-0.3, -0.25) is 9.59 Å². The number of benzene rings is 1. The Kier molecular flexibility index (Phi) is 4.76. The highest BCUT2D eigenvalue weighted by Gasteiger charge is 2.15. The van der Waals surface area contributed by atoms with Gasteiger partial charge in [0.25, 0.3) is 0 Å². The number of aromatic amines is 1. The van der Waals surface area contributed by atoms with Crippen LogP contribution in [0.4, 0.5) is 0 Å². The van der Waals surface area contributed by atoms with Gasteiger partial charge >= 0.3 is 0 Å². The average Bonchev–Trinajstić information content (AvgIpc) is 3.18. The van der Waals surface area contributed by atoms with E-state index < -0.39 is 0 Å². The highest BCUT2D eigenvalue weighted by atomic mass is 32.1. The highest BCUT2D eigenvalue weighted by Crippen LogP contribution is 2.18. The number of amides is 1. The van der Waals surface area contributed by atoms with Gasteiger partial charge in [0.15, 0.2) is 5.78 Å². The summed E-state index contributed by atoms with van der Waals surface area (Å²) in [5.41, 5.74) is 1.81. The number of carbonyl (C=O) groups is 2. The summed E-state index contributed by atoms with van der Waals surface area (Å²) >= 11 is 1.46. The first kappa shape index (κ1) is 16.4. The molecule has 5 nitrogen and oxygen atoms in total. The fraction of sp³-hybridized carbons (Fsp3) is 0.278. The fourth-order valence-corrected chi connectivity index (χ4v) is 3.33. The summed E-state index contributed by atoms with van der Waals surface area (Å²) in [6.07, 6.45) is 0.402. The predicted molar refractivity (Wildman–Crippen MR) is 95.3 cm³/mol. The number of H-pyrrole nitrogens is 1. The number of carbonyl (C=O) groups excluding carboxylic acids is 2. The Balaban J connectivity index is 1.55. The largest absolute Gasteiger partial charge is 0.346 e. The average molecular weight is 341 g/mol. The van der Waals surface area contributed by atoms with Gasteiger partial charge in [0.1, 0.15) is 5.82 Å². The van der Waals surface area contributed by atoms with Crippen LogP contribution < -0.4 is 5.32 Å². The van der Waals surface area contributed by atoms with Crippen LogP contribution in [-0.2, 0) is 4.79 Å². The number of ketones is 1. The highest BCUT2D eigenvalue weighted by molar-refractivity contribution is 7.14. The van der Waals surface area contributed by atoms with E-state index >= 15 is 0 Å². The van der Waals surface area contributed by atoms with Crippen molar-refractivity contribution >= 4 is 34.1 Å². The summed E-state index contributed by atoms with van der Waals surface area (Å²) in [4.78, 5) is 33.6. The van der Waals surface area contributed by atoms with Gasteiger partial charge in [-0.25, -0.2) is 4.98 Å². The van der Waals surface area contributed by atoms with Gasteiger partial charge < -0.3 is 10.3 Å². The minimum absolute atomic E-state index is 0.0136. The molecule has 0 saturated heterocycles. The Morgan fingerprint density at radius 2 is 2.00 bits per heavy atom. The van der Waals surface area contributed by atoms with Crippen LogP contribution in [0, 0.1) is 6.92 Å². The SMILES string of the molecule is Cc1ccc(C(=O)CCC(=O)NC(C)c2nc3ccccc3[nH]2)s1. The van der Waals surface area contributed by atoms with Crippen molar-refractivity contribution in [2.75, 3.05) is 0 Å². The maximum atomic E-state index is 12.1. The number of fused-ring (bicyclic) bond motifs is 1. The Morgan fingerprint density at radius 3 is 2.71 bits per heavy atom. The van der Waals surface area contributed by atoms with Gasteiger partial charge in [0, 0.05) is 17.7 Å². The van der Waals surface area contributed by atoms with Gasteiger partial charge in [-0.05, 0) is 38.1 Å². The molecule has 0 aliphatic carbocycles. The minimum atomic E-state index is -0.232. The molecule has 24 heavy (non-hydrogen) atoms. The molecule has 1 aromatic carbocycles. The van der Waals surface area contributed by atoms with E-state index in [1.54, 1.807) is 0 Å². The zero-order valence-corrected chi connectivity index (χ0v) is 14.4. The normalized spacial score (nSPS) is 12.2. The Bertz CT molecular complexity index is 848. The molecule has 0 aliphatic rings. The molecule has 124 valence electrons. The van der Waals surface area contributed by atoms with Gasteiger partial charge in [0.05, 0.1) is 22.0 Å². The fourth-order valence-electron chi connectivity index (χ4n) is 2.49. The number of hydrogen-bond acceptors (Lipinski definition) is 4. The second kappa shape index (κ2) is 6.97. The third kappa shape index (κ3) is 3.71. The molecule has 0 saturated carbocycles. The van der Waals surface area contributed by atoms with Crippen molar-refractivity contribution in [1.29, 1.82) is 0 Å².